The van der Waals surface area contributed by atoms with Crippen molar-refractivity contribution in [3.63, 3.8) is 0 Å². The first kappa shape index (κ1) is 40.7. The minimum atomic E-state index is 0.340. The fourth-order valence-corrected chi connectivity index (χ4v) is 12.5. The lowest BCUT2D eigenvalue weighted by Gasteiger charge is -2.08. The largest absolute Gasteiger partial charge is 0.492 e. The molecule has 0 saturated carbocycles. The molecule has 0 radical (unpaired) electrons. The highest BCUT2D eigenvalue weighted by molar-refractivity contribution is 7.98. The van der Waals surface area contributed by atoms with Gasteiger partial charge in [0.2, 0.25) is 0 Å². The fraction of sp³-hybridized carbons (Fsp3) is 0.619. The van der Waals surface area contributed by atoms with E-state index in [2.05, 4.69) is 54.7 Å². The molecule has 5 heterocycles. The van der Waals surface area contributed by atoms with E-state index in [1.54, 1.807) is 0 Å². The summed E-state index contributed by atoms with van der Waals surface area (Å²) in [7, 11) is 0. The molecule has 0 spiro atoms. The predicted octanol–water partition coefficient (Wildman–Crippen LogP) is 16.4. The molecule has 0 atom stereocenters. The number of fused-ring (bicyclic) bond motifs is 3. The molecule has 0 unspecified atom stereocenters. The number of aliphatic hydroxyl groups excluding tert-OH is 1. The lowest BCUT2D eigenvalue weighted by Crippen LogP contribution is -1.97. The molecule has 4 aromatic rings. The van der Waals surface area contributed by atoms with Crippen molar-refractivity contribution in [3.8, 4) is 35.0 Å². The summed E-state index contributed by atoms with van der Waals surface area (Å²) in [4.78, 5) is 11.7. The van der Waals surface area contributed by atoms with E-state index >= 15 is 0 Å². The van der Waals surface area contributed by atoms with Gasteiger partial charge < -0.3 is 9.84 Å². The van der Waals surface area contributed by atoms with Gasteiger partial charge in [-0.25, -0.2) is 0 Å². The van der Waals surface area contributed by atoms with E-state index < -0.39 is 0 Å². The molecular formula is C42H60N2O2S5. The number of aliphatic hydroxyl groups is 1. The van der Waals surface area contributed by atoms with Gasteiger partial charge in [0, 0.05) is 44.1 Å². The van der Waals surface area contributed by atoms with Crippen LogP contribution in [0.3, 0.4) is 0 Å². The number of hydrogen-bond donors (Lipinski definition) is 1. The van der Waals surface area contributed by atoms with Crippen LogP contribution in [0, 0.1) is 13.8 Å². The molecule has 0 aliphatic carbocycles. The van der Waals surface area contributed by atoms with Crippen LogP contribution in [-0.4, -0.2) is 18.3 Å². The van der Waals surface area contributed by atoms with E-state index in [0.717, 1.165) is 37.3 Å². The number of aryl methyl sites for hydroxylation is 3. The van der Waals surface area contributed by atoms with Crippen LogP contribution in [0.5, 0.6) is 5.75 Å². The van der Waals surface area contributed by atoms with Crippen LogP contribution in [-0.2, 0) is 6.42 Å². The number of hydrogen-bond acceptors (Lipinski definition) is 9. The SMILES string of the molecule is CCCCCCCCCCCCOc1cc(-c2cc3c(s2)-c2sc(C)cc2SN=N3)sc1-c1sc(C)cc1CCCCCCCCCCCCO. The molecule has 0 amide bonds. The molecule has 0 fully saturated rings. The highest BCUT2D eigenvalue weighted by atomic mass is 32.2. The van der Waals surface area contributed by atoms with Crippen molar-refractivity contribution in [2.45, 2.75) is 161 Å². The van der Waals surface area contributed by atoms with Crippen LogP contribution in [0.15, 0.2) is 38.8 Å². The molecule has 1 aliphatic rings. The van der Waals surface area contributed by atoms with Crippen molar-refractivity contribution < 1.29 is 9.84 Å². The third-order valence-electron chi connectivity index (χ3n) is 9.72. The monoisotopic (exact) mass is 784 g/mol. The molecule has 1 aliphatic heterocycles. The molecule has 4 aromatic heterocycles. The molecule has 4 nitrogen and oxygen atoms in total. The molecule has 1 N–H and O–H groups in total. The van der Waals surface area contributed by atoms with Crippen LogP contribution in [0.2, 0.25) is 0 Å². The van der Waals surface area contributed by atoms with Gasteiger partial charge in [0.1, 0.15) is 11.4 Å². The average Bonchev–Trinajstić information content (AvgIpc) is 3.89. The summed E-state index contributed by atoms with van der Waals surface area (Å²) in [6.45, 7) is 7.86. The molecule has 0 aromatic carbocycles. The normalized spacial score (nSPS) is 12.4. The second-order valence-corrected chi connectivity index (χ2v) is 19.6. The van der Waals surface area contributed by atoms with Gasteiger partial charge in [-0.05, 0) is 63.3 Å². The first-order chi connectivity index (χ1) is 25.1. The van der Waals surface area contributed by atoms with Crippen molar-refractivity contribution in [1.82, 2.24) is 0 Å². The Hall–Kier alpha value is -1.49. The highest BCUT2D eigenvalue weighted by Gasteiger charge is 2.24. The second-order valence-electron chi connectivity index (χ2n) is 14.2. The maximum absolute atomic E-state index is 8.97. The van der Waals surface area contributed by atoms with Gasteiger partial charge in [-0.1, -0.05) is 116 Å². The minimum absolute atomic E-state index is 0.340. The zero-order valence-electron chi connectivity index (χ0n) is 31.4. The highest BCUT2D eigenvalue weighted by Crippen LogP contribution is 2.54. The quantitative estimate of drug-likeness (QED) is 0.0510. The van der Waals surface area contributed by atoms with E-state index in [-0.39, 0.29) is 0 Å². The van der Waals surface area contributed by atoms with E-state index in [1.807, 2.05) is 45.3 Å². The molecule has 280 valence electrons. The number of ether oxygens (including phenoxy) is 1. The smallest absolute Gasteiger partial charge is 0.139 e. The fourth-order valence-electron chi connectivity index (χ4n) is 6.88. The number of unbranched alkanes of at least 4 members (excludes halogenated alkanes) is 18. The van der Waals surface area contributed by atoms with Crippen LogP contribution in [0.1, 0.15) is 151 Å². The maximum Gasteiger partial charge on any atom is 0.139 e. The van der Waals surface area contributed by atoms with E-state index in [9.17, 15) is 0 Å². The number of thiophene rings is 4. The zero-order valence-corrected chi connectivity index (χ0v) is 35.4. The summed E-state index contributed by atoms with van der Waals surface area (Å²) in [6.07, 6.45) is 27.1. The van der Waals surface area contributed by atoms with Gasteiger partial charge in [0.25, 0.3) is 0 Å². The third kappa shape index (κ3) is 12.8. The first-order valence-corrected chi connectivity index (χ1v) is 23.9. The Morgan fingerprint density at radius 2 is 1.14 bits per heavy atom. The van der Waals surface area contributed by atoms with Crippen LogP contribution < -0.4 is 4.74 Å². The molecule has 0 bridgehead atoms. The summed E-state index contributed by atoms with van der Waals surface area (Å²) in [6, 6.07) is 9.23. The topological polar surface area (TPSA) is 54.2 Å². The van der Waals surface area contributed by atoms with Gasteiger partial charge in [-0.3, -0.25) is 0 Å². The van der Waals surface area contributed by atoms with Crippen molar-refractivity contribution >= 4 is 63.0 Å². The number of nitrogens with zero attached hydrogens (tertiary/aromatic N) is 2. The molecule has 5 rings (SSSR count). The Kier molecular flexibility index (Phi) is 18.1. The summed E-state index contributed by atoms with van der Waals surface area (Å²) in [5, 5.41) is 13.6. The Morgan fingerprint density at radius 1 is 0.569 bits per heavy atom. The summed E-state index contributed by atoms with van der Waals surface area (Å²) >= 11 is 9.03. The summed E-state index contributed by atoms with van der Waals surface area (Å²) < 4.78 is 11.1. The van der Waals surface area contributed by atoms with Crippen molar-refractivity contribution in [1.29, 1.82) is 0 Å². The van der Waals surface area contributed by atoms with Crippen molar-refractivity contribution in [2.75, 3.05) is 13.2 Å². The molecule has 51 heavy (non-hydrogen) atoms. The Morgan fingerprint density at radius 3 is 1.82 bits per heavy atom. The standard InChI is InChI=1S/C42H60N2O2S5/c1-4-5-6-7-8-9-14-17-20-23-26-46-35-30-37(36-29-34-40(49-36)42-38(51-44-43-34)28-32(3)48-42)50-41(35)39-33(27-31(2)47-39)24-21-18-15-12-10-11-13-16-19-22-25-45/h27-30,45H,4-26H2,1-3H3. The maximum atomic E-state index is 8.97. The van der Waals surface area contributed by atoms with E-state index in [1.165, 1.54) is 177 Å². The third-order valence-corrected chi connectivity index (χ3v) is 15.4. The Balaban J connectivity index is 1.22. The molecular weight excluding hydrogens is 725 g/mol. The summed E-state index contributed by atoms with van der Waals surface area (Å²) in [5.74, 6) is 1.06. The zero-order chi connectivity index (χ0) is 35.7. The van der Waals surface area contributed by atoms with Crippen LogP contribution in [0.25, 0.3) is 29.3 Å². The lowest BCUT2D eigenvalue weighted by atomic mass is 10.0. The van der Waals surface area contributed by atoms with Crippen molar-refractivity contribution in [3.05, 3.63) is 39.6 Å². The molecule has 9 heteroatoms. The molecule has 0 saturated heterocycles. The van der Waals surface area contributed by atoms with Gasteiger partial charge in [0.05, 0.1) is 31.0 Å². The van der Waals surface area contributed by atoms with E-state index in [0.29, 0.717) is 6.61 Å². The van der Waals surface area contributed by atoms with Crippen molar-refractivity contribution in [2.24, 2.45) is 9.63 Å². The Labute approximate surface area is 328 Å². The van der Waals surface area contributed by atoms with Gasteiger partial charge >= 0.3 is 0 Å². The van der Waals surface area contributed by atoms with E-state index in [4.69, 9.17) is 9.84 Å². The van der Waals surface area contributed by atoms with Gasteiger partial charge in [-0.15, -0.1) is 55.0 Å². The Bertz CT molecular complexity index is 1610. The number of rotatable bonds is 26. The predicted molar refractivity (Wildman–Crippen MR) is 228 cm³/mol. The average molecular weight is 785 g/mol. The van der Waals surface area contributed by atoms with Gasteiger partial charge in [-0.2, -0.15) is 0 Å². The van der Waals surface area contributed by atoms with Gasteiger partial charge in [0.15, 0.2) is 0 Å². The first-order valence-electron chi connectivity index (χ1n) is 19.9. The minimum Gasteiger partial charge on any atom is -0.492 e. The second kappa shape index (κ2) is 22.7. The lowest BCUT2D eigenvalue weighted by molar-refractivity contribution is 0.282. The summed E-state index contributed by atoms with van der Waals surface area (Å²) in [5.41, 5.74) is 2.48. The van der Waals surface area contributed by atoms with Crippen LogP contribution in [0.4, 0.5) is 5.69 Å². The van der Waals surface area contributed by atoms with Crippen LogP contribution >= 0.6 is 57.3 Å².